The molecule has 2 aromatic rings. The van der Waals surface area contributed by atoms with Gasteiger partial charge in [0.25, 0.3) is 5.91 Å². The summed E-state index contributed by atoms with van der Waals surface area (Å²) < 4.78 is 6.68. The number of amides is 1. The molecule has 1 N–H and O–H groups in total. The highest BCUT2D eigenvalue weighted by Gasteiger charge is 2.20. The van der Waals surface area contributed by atoms with E-state index in [2.05, 4.69) is 42.0 Å². The van der Waals surface area contributed by atoms with Crippen LogP contribution in [-0.4, -0.2) is 12.5 Å². The van der Waals surface area contributed by atoms with E-state index in [0.717, 1.165) is 10.0 Å². The fraction of sp³-hybridized carbons (Fsp3) is 0.278. The highest BCUT2D eigenvalue weighted by atomic mass is 79.9. The van der Waals surface area contributed by atoms with E-state index < -0.39 is 0 Å². The lowest BCUT2D eigenvalue weighted by Gasteiger charge is -2.23. The van der Waals surface area contributed by atoms with Gasteiger partial charge in [0.05, 0.1) is 15.7 Å². The van der Waals surface area contributed by atoms with Crippen LogP contribution in [0, 0.1) is 0 Å². The molecular weight excluding hydrogens is 413 g/mol. The largest absolute Gasteiger partial charge is 0.483 e. The number of anilines is 1. The van der Waals surface area contributed by atoms with E-state index >= 15 is 0 Å². The molecule has 1 amide bonds. The first-order valence-electron chi connectivity index (χ1n) is 7.35. The van der Waals surface area contributed by atoms with Crippen LogP contribution in [0.1, 0.15) is 26.3 Å². The van der Waals surface area contributed by atoms with Crippen molar-refractivity contribution >= 4 is 50.7 Å². The Labute approximate surface area is 160 Å². The van der Waals surface area contributed by atoms with Gasteiger partial charge in [-0.05, 0) is 35.7 Å². The van der Waals surface area contributed by atoms with Gasteiger partial charge in [0.2, 0.25) is 0 Å². The van der Waals surface area contributed by atoms with Crippen molar-refractivity contribution in [2.75, 3.05) is 11.9 Å². The maximum Gasteiger partial charge on any atom is 0.262 e. The molecule has 0 heterocycles. The molecule has 0 bridgehead atoms. The van der Waals surface area contributed by atoms with Gasteiger partial charge in [-0.3, -0.25) is 4.79 Å². The lowest BCUT2D eigenvalue weighted by molar-refractivity contribution is -0.118. The van der Waals surface area contributed by atoms with Crippen LogP contribution in [-0.2, 0) is 10.2 Å². The first kappa shape index (κ1) is 19.1. The van der Waals surface area contributed by atoms with Crippen molar-refractivity contribution in [2.24, 2.45) is 0 Å². The number of carbonyl (C=O) groups excluding carboxylic acids is 1. The van der Waals surface area contributed by atoms with Crippen LogP contribution in [0.5, 0.6) is 5.75 Å². The van der Waals surface area contributed by atoms with E-state index in [4.69, 9.17) is 27.9 Å². The lowest BCUT2D eigenvalue weighted by atomic mass is 9.86. The Bertz CT molecular complexity index is 737. The molecule has 128 valence electrons. The Morgan fingerprint density at radius 3 is 2.38 bits per heavy atom. The molecule has 24 heavy (non-hydrogen) atoms. The molecule has 0 saturated heterocycles. The van der Waals surface area contributed by atoms with Crippen LogP contribution in [0.3, 0.4) is 0 Å². The standard InChI is InChI=1S/C18H18BrCl2NO2/c1-18(2,3)12-9-11(19)7-8-15(12)24-10-16(23)22-17-13(20)5-4-6-14(17)21/h4-9H,10H2,1-3H3,(H,22,23). The lowest BCUT2D eigenvalue weighted by Crippen LogP contribution is -2.22. The number of hydrogen-bond donors (Lipinski definition) is 1. The van der Waals surface area contributed by atoms with E-state index in [-0.39, 0.29) is 17.9 Å². The molecule has 0 fully saturated rings. The van der Waals surface area contributed by atoms with Gasteiger partial charge in [0.15, 0.2) is 6.61 Å². The Hall–Kier alpha value is -1.23. The molecular formula is C18H18BrCl2NO2. The zero-order valence-electron chi connectivity index (χ0n) is 13.6. The van der Waals surface area contributed by atoms with Crippen LogP contribution in [0.4, 0.5) is 5.69 Å². The van der Waals surface area contributed by atoms with Crippen LogP contribution >= 0.6 is 39.1 Å². The van der Waals surface area contributed by atoms with Crippen molar-refractivity contribution in [2.45, 2.75) is 26.2 Å². The fourth-order valence-corrected chi connectivity index (χ4v) is 3.00. The Morgan fingerprint density at radius 1 is 1.17 bits per heavy atom. The summed E-state index contributed by atoms with van der Waals surface area (Å²) in [6.45, 7) is 6.13. The molecule has 0 aliphatic rings. The number of carbonyl (C=O) groups is 1. The summed E-state index contributed by atoms with van der Waals surface area (Å²) in [6, 6.07) is 10.8. The average Bonchev–Trinajstić information content (AvgIpc) is 2.49. The maximum absolute atomic E-state index is 12.2. The minimum Gasteiger partial charge on any atom is -0.483 e. The first-order valence-corrected chi connectivity index (χ1v) is 8.90. The number of benzene rings is 2. The molecule has 6 heteroatoms. The summed E-state index contributed by atoms with van der Waals surface area (Å²) in [5, 5.41) is 3.45. The fourth-order valence-electron chi connectivity index (χ4n) is 2.15. The van der Waals surface area contributed by atoms with Gasteiger partial charge in [-0.25, -0.2) is 0 Å². The van der Waals surface area contributed by atoms with Crippen LogP contribution in [0.15, 0.2) is 40.9 Å². The van der Waals surface area contributed by atoms with Crippen LogP contribution in [0.2, 0.25) is 10.0 Å². The van der Waals surface area contributed by atoms with Gasteiger partial charge in [-0.1, -0.05) is 66.0 Å². The summed E-state index contributed by atoms with van der Waals surface area (Å²) in [5.41, 5.74) is 1.29. The molecule has 0 unspecified atom stereocenters. The average molecular weight is 431 g/mol. The molecule has 0 radical (unpaired) electrons. The van der Waals surface area contributed by atoms with E-state index in [1.807, 2.05) is 18.2 Å². The Kier molecular flexibility index (Phi) is 6.18. The van der Waals surface area contributed by atoms with Crippen molar-refractivity contribution in [1.29, 1.82) is 0 Å². The summed E-state index contributed by atoms with van der Waals surface area (Å²) in [5.74, 6) is 0.346. The molecule has 2 aromatic carbocycles. The molecule has 0 aliphatic heterocycles. The van der Waals surface area contributed by atoms with Crippen LogP contribution in [0.25, 0.3) is 0 Å². The number of hydrogen-bond acceptors (Lipinski definition) is 2. The second-order valence-electron chi connectivity index (χ2n) is 6.32. The molecule has 0 saturated carbocycles. The summed E-state index contributed by atoms with van der Waals surface area (Å²) in [4.78, 5) is 12.2. The highest BCUT2D eigenvalue weighted by molar-refractivity contribution is 9.10. The van der Waals surface area contributed by atoms with E-state index in [9.17, 15) is 4.79 Å². The number of nitrogens with one attached hydrogen (secondary N) is 1. The number of ether oxygens (including phenoxy) is 1. The van der Waals surface area contributed by atoms with Crippen molar-refractivity contribution in [1.82, 2.24) is 0 Å². The zero-order chi connectivity index (χ0) is 17.9. The van der Waals surface area contributed by atoms with Crippen molar-refractivity contribution in [3.05, 3.63) is 56.5 Å². The van der Waals surface area contributed by atoms with Crippen LogP contribution < -0.4 is 10.1 Å². The van der Waals surface area contributed by atoms with Gasteiger partial charge in [-0.2, -0.15) is 0 Å². The molecule has 0 spiro atoms. The number of para-hydroxylation sites is 1. The molecule has 0 atom stereocenters. The predicted octanol–water partition coefficient (Wildman–Crippen LogP) is 6.07. The minimum absolute atomic E-state index is 0.109. The number of halogens is 3. The first-order chi connectivity index (χ1) is 11.2. The quantitative estimate of drug-likeness (QED) is 0.638. The third-order valence-electron chi connectivity index (χ3n) is 3.34. The third kappa shape index (κ3) is 4.88. The summed E-state index contributed by atoms with van der Waals surface area (Å²) >= 11 is 15.6. The topological polar surface area (TPSA) is 38.3 Å². The maximum atomic E-state index is 12.2. The predicted molar refractivity (Wildman–Crippen MR) is 103 cm³/mol. The zero-order valence-corrected chi connectivity index (χ0v) is 16.7. The molecule has 2 rings (SSSR count). The van der Waals surface area contributed by atoms with E-state index in [1.165, 1.54) is 0 Å². The Balaban J connectivity index is 2.10. The van der Waals surface area contributed by atoms with Gasteiger partial charge in [0.1, 0.15) is 5.75 Å². The van der Waals surface area contributed by atoms with Gasteiger partial charge in [0, 0.05) is 10.0 Å². The summed E-state index contributed by atoms with van der Waals surface area (Å²) in [7, 11) is 0. The van der Waals surface area contributed by atoms with Gasteiger partial charge < -0.3 is 10.1 Å². The monoisotopic (exact) mass is 429 g/mol. The van der Waals surface area contributed by atoms with Gasteiger partial charge >= 0.3 is 0 Å². The molecule has 3 nitrogen and oxygen atoms in total. The normalized spacial score (nSPS) is 11.2. The van der Waals surface area contributed by atoms with Gasteiger partial charge in [-0.15, -0.1) is 0 Å². The van der Waals surface area contributed by atoms with Crippen molar-refractivity contribution < 1.29 is 9.53 Å². The molecule has 0 aliphatic carbocycles. The SMILES string of the molecule is CC(C)(C)c1cc(Br)ccc1OCC(=O)Nc1c(Cl)cccc1Cl. The second kappa shape index (κ2) is 7.77. The minimum atomic E-state index is -0.326. The third-order valence-corrected chi connectivity index (χ3v) is 4.46. The molecule has 0 aromatic heterocycles. The second-order valence-corrected chi connectivity index (χ2v) is 8.05. The van der Waals surface area contributed by atoms with Crippen molar-refractivity contribution in [3.8, 4) is 5.75 Å². The van der Waals surface area contributed by atoms with Crippen molar-refractivity contribution in [3.63, 3.8) is 0 Å². The number of rotatable bonds is 4. The smallest absolute Gasteiger partial charge is 0.262 e. The highest BCUT2D eigenvalue weighted by Crippen LogP contribution is 2.34. The van der Waals surface area contributed by atoms with E-state index in [0.29, 0.717) is 21.5 Å². The van der Waals surface area contributed by atoms with E-state index in [1.54, 1.807) is 18.2 Å². The summed E-state index contributed by atoms with van der Waals surface area (Å²) in [6.07, 6.45) is 0. The Morgan fingerprint density at radius 2 is 1.79 bits per heavy atom.